The highest BCUT2D eigenvalue weighted by Crippen LogP contribution is 2.46. The third kappa shape index (κ3) is 7.36. The van der Waals surface area contributed by atoms with Crippen LogP contribution in [0.2, 0.25) is 0 Å². The molecule has 0 radical (unpaired) electrons. The number of carbonyl (C=O) groups excluding carboxylic acids is 2. The van der Waals surface area contributed by atoms with Crippen molar-refractivity contribution in [2.24, 2.45) is 5.92 Å². The van der Waals surface area contributed by atoms with Gasteiger partial charge in [-0.1, -0.05) is 30.3 Å². The lowest BCUT2D eigenvalue weighted by molar-refractivity contribution is -0.119. The smallest absolute Gasteiger partial charge is 0.408 e. The van der Waals surface area contributed by atoms with Crippen LogP contribution in [0, 0.1) is 5.92 Å². The van der Waals surface area contributed by atoms with Gasteiger partial charge in [0.25, 0.3) is 0 Å². The molecule has 1 aliphatic rings. The molecule has 0 saturated carbocycles. The second-order valence-corrected chi connectivity index (χ2v) is 9.08. The maximum atomic E-state index is 12.7. The van der Waals surface area contributed by atoms with Crippen molar-refractivity contribution in [2.75, 3.05) is 33.5 Å². The molecule has 2 atom stereocenters. The number of carbonyl (C=O) groups is 2. The molecule has 1 aliphatic heterocycles. The summed E-state index contributed by atoms with van der Waals surface area (Å²) in [4.78, 5) is 25.0. The zero-order chi connectivity index (χ0) is 20.4. The maximum absolute atomic E-state index is 12.7. The molecule has 28 heavy (non-hydrogen) atoms. The van der Waals surface area contributed by atoms with Crippen LogP contribution in [-0.2, 0) is 29.8 Å². The summed E-state index contributed by atoms with van der Waals surface area (Å²) in [6.07, 6.45) is 1.34. The van der Waals surface area contributed by atoms with Crippen molar-refractivity contribution in [2.45, 2.75) is 31.9 Å². The number of Topliss-reactive ketones (excluding diaryl/α,β-unsaturated/α-hetero) is 1. The molecule has 156 valence electrons. The van der Waals surface area contributed by atoms with Gasteiger partial charge in [0.1, 0.15) is 12.8 Å². The molecule has 1 saturated heterocycles. The number of benzene rings is 1. The van der Waals surface area contributed by atoms with Crippen molar-refractivity contribution in [3.05, 3.63) is 35.9 Å². The highest BCUT2D eigenvalue weighted by atomic mass is 31.2. The van der Waals surface area contributed by atoms with E-state index >= 15 is 0 Å². The summed E-state index contributed by atoms with van der Waals surface area (Å²) in [7, 11) is -1.04. The number of ketones is 1. The van der Waals surface area contributed by atoms with E-state index in [2.05, 4.69) is 10.6 Å². The second-order valence-electron chi connectivity index (χ2n) is 6.81. The number of rotatable bonds is 10. The fourth-order valence-corrected chi connectivity index (χ4v) is 4.15. The zero-order valence-corrected chi connectivity index (χ0v) is 17.3. The van der Waals surface area contributed by atoms with Crippen LogP contribution in [-0.4, -0.2) is 51.4 Å². The second kappa shape index (κ2) is 11.3. The molecule has 2 N–H and O–H groups in total. The van der Waals surface area contributed by atoms with Crippen LogP contribution in [0.1, 0.15) is 24.8 Å². The Labute approximate surface area is 165 Å². The molecule has 1 heterocycles. The minimum absolute atomic E-state index is 0.104. The quantitative estimate of drug-likeness (QED) is 0.570. The molecule has 1 fully saturated rings. The van der Waals surface area contributed by atoms with Gasteiger partial charge < -0.3 is 24.4 Å². The lowest BCUT2D eigenvalue weighted by Gasteiger charge is -2.27. The van der Waals surface area contributed by atoms with Crippen LogP contribution in [0.4, 0.5) is 4.79 Å². The van der Waals surface area contributed by atoms with E-state index in [1.165, 1.54) is 14.2 Å². The van der Waals surface area contributed by atoms with E-state index in [4.69, 9.17) is 13.8 Å². The fraction of sp³-hybridized carbons (Fsp3) is 0.579. The largest absolute Gasteiger partial charge is 0.445 e. The van der Waals surface area contributed by atoms with Gasteiger partial charge in [0.05, 0.1) is 6.04 Å². The molecule has 0 spiro atoms. The molecule has 1 aromatic carbocycles. The van der Waals surface area contributed by atoms with Crippen LogP contribution in [0.3, 0.4) is 0 Å². The Morgan fingerprint density at radius 1 is 1.25 bits per heavy atom. The monoisotopic (exact) mass is 412 g/mol. The van der Waals surface area contributed by atoms with Crippen LogP contribution in [0.15, 0.2) is 30.3 Å². The summed E-state index contributed by atoms with van der Waals surface area (Å²) in [5, 5.41) is 5.92. The topological polar surface area (TPSA) is 103 Å². The Balaban J connectivity index is 1.98. The van der Waals surface area contributed by atoms with E-state index in [1.807, 2.05) is 30.3 Å². The average molecular weight is 412 g/mol. The van der Waals surface area contributed by atoms with Crippen molar-refractivity contribution in [1.29, 1.82) is 0 Å². The van der Waals surface area contributed by atoms with Gasteiger partial charge in [-0.15, -0.1) is 0 Å². The predicted octanol–water partition coefficient (Wildman–Crippen LogP) is 2.73. The number of hydrogen-bond acceptors (Lipinski definition) is 7. The Kier molecular flexibility index (Phi) is 9.12. The standard InChI is InChI=1S/C19H29N2O6P/c1-25-28(24,26-2)14-18(22)17(11-16-9-6-10-20-12-16)21-19(23)27-13-15-7-4-3-5-8-15/h3-5,7-8,16-17,20H,6,9-14H2,1-2H3,(H,21,23). The van der Waals surface area contributed by atoms with Gasteiger partial charge in [0.15, 0.2) is 5.78 Å². The third-order valence-electron chi connectivity index (χ3n) is 4.77. The molecule has 9 heteroatoms. The van der Waals surface area contributed by atoms with E-state index in [-0.39, 0.29) is 12.5 Å². The predicted molar refractivity (Wildman–Crippen MR) is 105 cm³/mol. The first-order valence-electron chi connectivity index (χ1n) is 9.37. The number of nitrogens with one attached hydrogen (secondary N) is 2. The lowest BCUT2D eigenvalue weighted by Crippen LogP contribution is -2.45. The number of ether oxygens (including phenoxy) is 1. The first-order valence-corrected chi connectivity index (χ1v) is 11.1. The minimum atomic E-state index is -3.51. The molecule has 1 aromatic rings. The van der Waals surface area contributed by atoms with E-state index in [0.29, 0.717) is 6.42 Å². The summed E-state index contributed by atoms with van der Waals surface area (Å²) < 4.78 is 27.3. The van der Waals surface area contributed by atoms with Crippen LogP contribution in [0.25, 0.3) is 0 Å². The van der Waals surface area contributed by atoms with Crippen molar-refractivity contribution >= 4 is 19.5 Å². The highest BCUT2D eigenvalue weighted by Gasteiger charge is 2.33. The minimum Gasteiger partial charge on any atom is -0.445 e. The molecule has 2 rings (SSSR count). The van der Waals surface area contributed by atoms with Crippen LogP contribution in [0.5, 0.6) is 0 Å². The van der Waals surface area contributed by atoms with Gasteiger partial charge in [-0.2, -0.15) is 0 Å². The maximum Gasteiger partial charge on any atom is 0.408 e. The SMILES string of the molecule is COP(=O)(CC(=O)C(CC1CCCNC1)NC(=O)OCc1ccccc1)OC. The molecule has 0 aliphatic carbocycles. The van der Waals surface area contributed by atoms with Gasteiger partial charge in [0.2, 0.25) is 0 Å². The summed E-state index contributed by atoms with van der Waals surface area (Å²) in [5.74, 6) is -0.157. The van der Waals surface area contributed by atoms with Crippen LogP contribution < -0.4 is 10.6 Å². The Morgan fingerprint density at radius 3 is 2.57 bits per heavy atom. The van der Waals surface area contributed by atoms with E-state index < -0.39 is 31.7 Å². The lowest BCUT2D eigenvalue weighted by atomic mass is 9.91. The van der Waals surface area contributed by atoms with Crippen molar-refractivity contribution in [3.63, 3.8) is 0 Å². The Bertz CT molecular complexity index is 670. The van der Waals surface area contributed by atoms with Crippen molar-refractivity contribution < 1.29 is 27.9 Å². The zero-order valence-electron chi connectivity index (χ0n) is 16.4. The first-order chi connectivity index (χ1) is 13.5. The van der Waals surface area contributed by atoms with E-state index in [1.54, 1.807) is 0 Å². The number of piperidine rings is 1. The Hall–Kier alpha value is -1.73. The fourth-order valence-electron chi connectivity index (χ4n) is 3.14. The van der Waals surface area contributed by atoms with Gasteiger partial charge in [-0.05, 0) is 43.8 Å². The number of amides is 1. The van der Waals surface area contributed by atoms with Crippen molar-refractivity contribution in [3.8, 4) is 0 Å². The molecule has 1 amide bonds. The summed E-state index contributed by atoms with van der Waals surface area (Å²) in [6.45, 7) is 1.83. The van der Waals surface area contributed by atoms with Gasteiger partial charge in [-0.25, -0.2) is 4.79 Å². The highest BCUT2D eigenvalue weighted by molar-refractivity contribution is 7.54. The number of alkyl carbamates (subject to hydrolysis) is 1. The molecule has 0 aromatic heterocycles. The molecule has 8 nitrogen and oxygen atoms in total. The summed E-state index contributed by atoms with van der Waals surface area (Å²) in [5.41, 5.74) is 0.847. The Morgan fingerprint density at radius 2 is 1.96 bits per heavy atom. The molecular formula is C19H29N2O6P. The van der Waals surface area contributed by atoms with Crippen LogP contribution >= 0.6 is 7.60 Å². The van der Waals surface area contributed by atoms with Crippen molar-refractivity contribution in [1.82, 2.24) is 10.6 Å². The van der Waals surface area contributed by atoms with Gasteiger partial charge >= 0.3 is 13.7 Å². The summed E-state index contributed by atoms with van der Waals surface area (Å²) >= 11 is 0. The van der Waals surface area contributed by atoms with E-state index in [0.717, 1.165) is 31.5 Å². The van der Waals surface area contributed by atoms with Gasteiger partial charge in [-0.3, -0.25) is 9.36 Å². The van der Waals surface area contributed by atoms with E-state index in [9.17, 15) is 14.2 Å². The average Bonchev–Trinajstić information content (AvgIpc) is 2.73. The first kappa shape index (κ1) is 22.6. The van der Waals surface area contributed by atoms with Gasteiger partial charge in [0, 0.05) is 14.2 Å². The number of hydrogen-bond donors (Lipinski definition) is 2. The molecule has 0 bridgehead atoms. The normalized spacial score (nSPS) is 18.3. The third-order valence-corrected chi connectivity index (χ3v) is 6.58. The molecular weight excluding hydrogens is 383 g/mol. The summed E-state index contributed by atoms with van der Waals surface area (Å²) in [6, 6.07) is 8.46. The molecule has 2 unspecified atom stereocenters.